The van der Waals surface area contributed by atoms with Gasteiger partial charge in [0.15, 0.2) is 10.9 Å². The van der Waals surface area contributed by atoms with Gasteiger partial charge in [-0.3, -0.25) is 13.7 Å². The Morgan fingerprint density at radius 3 is 2.00 bits per heavy atom. The first kappa shape index (κ1) is 35.6. The Balaban J connectivity index is 1.87. The minimum absolute atomic E-state index is 0.00863. The van der Waals surface area contributed by atoms with Crippen molar-refractivity contribution in [1.29, 1.82) is 0 Å². The van der Waals surface area contributed by atoms with Gasteiger partial charge in [-0.25, -0.2) is 9.98 Å². The predicted molar refractivity (Wildman–Crippen MR) is 176 cm³/mol. The maximum atomic E-state index is 12.4. The van der Waals surface area contributed by atoms with Crippen LogP contribution in [0.4, 0.5) is 17.1 Å². The average molecular weight is 746 g/mol. The number of hydrogen-bond acceptors (Lipinski definition) is 12. The first-order valence-electron chi connectivity index (χ1n) is 12.6. The van der Waals surface area contributed by atoms with Crippen molar-refractivity contribution in [3.8, 4) is 5.75 Å². The molecular formula is C26H22Cl2N6O10S3. The van der Waals surface area contributed by atoms with E-state index < -0.39 is 62.2 Å². The van der Waals surface area contributed by atoms with E-state index in [4.69, 9.17) is 28.9 Å². The van der Waals surface area contributed by atoms with E-state index in [2.05, 4.69) is 25.5 Å². The van der Waals surface area contributed by atoms with Crippen LogP contribution in [0.2, 0.25) is 0 Å². The van der Waals surface area contributed by atoms with E-state index in [-0.39, 0.29) is 43.5 Å². The van der Waals surface area contributed by atoms with Gasteiger partial charge in [0.1, 0.15) is 31.9 Å². The van der Waals surface area contributed by atoms with Crippen LogP contribution in [0.5, 0.6) is 5.75 Å². The van der Waals surface area contributed by atoms with Gasteiger partial charge in [0, 0.05) is 27.6 Å². The van der Waals surface area contributed by atoms with Gasteiger partial charge in [-0.1, -0.05) is 29.8 Å². The van der Waals surface area contributed by atoms with Crippen molar-refractivity contribution in [2.75, 3.05) is 5.32 Å². The zero-order valence-electron chi connectivity index (χ0n) is 23.8. The zero-order valence-corrected chi connectivity index (χ0v) is 27.7. The van der Waals surface area contributed by atoms with Crippen LogP contribution in [0.1, 0.15) is 13.8 Å². The molecule has 248 valence electrons. The summed E-state index contributed by atoms with van der Waals surface area (Å²) in [7, 11) is -15.1. The molecule has 0 aliphatic heterocycles. The maximum Gasteiger partial charge on any atom is 0.297 e. The van der Waals surface area contributed by atoms with Crippen LogP contribution in [0.3, 0.4) is 0 Å². The first-order chi connectivity index (χ1) is 21.7. The Kier molecular flexibility index (Phi) is 9.95. The number of nitrogens with zero attached hydrogens (tertiary/aromatic N) is 4. The number of aromatic hydroxyl groups is 1. The molecule has 0 amide bonds. The molecule has 47 heavy (non-hydrogen) atoms. The highest BCUT2D eigenvalue weighted by molar-refractivity contribution is 7.86. The molecule has 0 spiro atoms. The molecule has 0 aromatic heterocycles. The number of benzene rings is 4. The van der Waals surface area contributed by atoms with Crippen molar-refractivity contribution in [2.24, 2.45) is 25.9 Å². The van der Waals surface area contributed by atoms with Crippen LogP contribution in [0.15, 0.2) is 100 Å². The zero-order chi connectivity index (χ0) is 35.1. The highest BCUT2D eigenvalue weighted by atomic mass is 35.5. The minimum Gasteiger partial charge on any atom is -0.505 e. The number of nitrogens with two attached hydrogens (primary N) is 1. The third-order valence-corrected chi connectivity index (χ3v) is 9.26. The Hall–Kier alpha value is -4.21. The van der Waals surface area contributed by atoms with E-state index in [9.17, 15) is 44.0 Å². The van der Waals surface area contributed by atoms with Gasteiger partial charge in [-0.2, -0.15) is 25.3 Å². The van der Waals surface area contributed by atoms with Crippen molar-refractivity contribution < 1.29 is 44.0 Å². The number of rotatable bonds is 8. The minimum atomic E-state index is -5.16. The molecule has 4 aromatic carbocycles. The number of phenols is 1. The van der Waals surface area contributed by atoms with Crippen LogP contribution >= 0.6 is 23.2 Å². The topological polar surface area (TPSA) is 271 Å². The molecule has 0 saturated carbocycles. The molecule has 4 rings (SSSR count). The summed E-state index contributed by atoms with van der Waals surface area (Å²) in [5.41, 5.74) is 5.33. The fourth-order valence-corrected chi connectivity index (χ4v) is 6.87. The molecule has 0 aliphatic rings. The van der Waals surface area contributed by atoms with Gasteiger partial charge < -0.3 is 16.2 Å². The molecule has 0 saturated heterocycles. The third kappa shape index (κ3) is 8.03. The van der Waals surface area contributed by atoms with Gasteiger partial charge in [0.2, 0.25) is 5.29 Å². The van der Waals surface area contributed by atoms with E-state index in [1.807, 2.05) is 0 Å². The molecule has 0 bridgehead atoms. The van der Waals surface area contributed by atoms with Crippen LogP contribution in [0, 0.1) is 0 Å². The number of halogens is 2. The lowest BCUT2D eigenvalue weighted by Crippen LogP contribution is -2.10. The smallest absolute Gasteiger partial charge is 0.297 e. The number of hydrogen-bond donors (Lipinski definition) is 6. The van der Waals surface area contributed by atoms with Crippen molar-refractivity contribution >= 4 is 103 Å². The summed E-state index contributed by atoms with van der Waals surface area (Å²) in [5, 5.41) is 20.0. The summed E-state index contributed by atoms with van der Waals surface area (Å²) in [4.78, 5) is 5.18. The molecule has 21 heteroatoms. The van der Waals surface area contributed by atoms with E-state index in [1.165, 1.54) is 18.2 Å². The number of azo groups is 1. The number of amidine groups is 1. The molecular weight excluding hydrogens is 723 g/mol. The fraction of sp³-hybridized carbons (Fsp3) is 0.0769. The average Bonchev–Trinajstić information content (AvgIpc) is 2.93. The standard InChI is InChI=1S/C26H22Cl2N6O10S3/c1-12(2)30-26(28)32-24(27)25(29)31-14-6-7-15-13(10-14)11-20(46(39,40)41)21(22(15)35)34-33-18-9-8-16-17(23(18)47(42,43)44)4-3-5-19(16)45(36,37)38/h3-11,31,35H,29H2,1-2H3,(H,36,37,38)(H,39,40,41)(H,42,43,44)/b25-24-,32-26?,34-33?. The number of aliphatic imine (C=N–C) groups is 2. The second-order valence-electron chi connectivity index (χ2n) is 9.67. The van der Waals surface area contributed by atoms with Gasteiger partial charge in [0.05, 0.1) is 0 Å². The van der Waals surface area contributed by atoms with Crippen molar-refractivity contribution in [2.45, 2.75) is 28.5 Å². The lowest BCUT2D eigenvalue weighted by Gasteiger charge is -2.12. The summed E-state index contributed by atoms with van der Waals surface area (Å²) in [5.74, 6) is -0.981. The third-order valence-electron chi connectivity index (χ3n) is 6.08. The van der Waals surface area contributed by atoms with Gasteiger partial charge >= 0.3 is 0 Å². The predicted octanol–water partition coefficient (Wildman–Crippen LogP) is 5.67. The highest BCUT2D eigenvalue weighted by Crippen LogP contribution is 2.43. The Morgan fingerprint density at radius 2 is 1.40 bits per heavy atom. The van der Waals surface area contributed by atoms with Crippen LogP contribution in [-0.4, -0.2) is 55.0 Å². The van der Waals surface area contributed by atoms with Crippen molar-refractivity contribution in [1.82, 2.24) is 0 Å². The van der Waals surface area contributed by atoms with E-state index in [1.54, 1.807) is 13.8 Å². The van der Waals surface area contributed by atoms with Crippen LogP contribution in [0.25, 0.3) is 21.5 Å². The lowest BCUT2D eigenvalue weighted by atomic mass is 10.1. The summed E-state index contributed by atoms with van der Waals surface area (Å²) < 4.78 is 103. The molecule has 0 radical (unpaired) electrons. The highest BCUT2D eigenvalue weighted by Gasteiger charge is 2.25. The van der Waals surface area contributed by atoms with Crippen LogP contribution in [-0.2, 0) is 30.4 Å². The normalized spacial score (nSPS) is 13.6. The summed E-state index contributed by atoms with van der Waals surface area (Å²) >= 11 is 12.0. The fourth-order valence-electron chi connectivity index (χ4n) is 4.25. The molecule has 4 aromatic rings. The van der Waals surface area contributed by atoms with Crippen molar-refractivity contribution in [3.05, 3.63) is 65.6 Å². The van der Waals surface area contributed by atoms with E-state index in [0.717, 1.165) is 36.4 Å². The van der Waals surface area contributed by atoms with Crippen LogP contribution < -0.4 is 11.1 Å². The quantitative estimate of drug-likeness (QED) is 0.0419. The summed E-state index contributed by atoms with van der Waals surface area (Å²) in [6, 6.07) is 10.2. The van der Waals surface area contributed by atoms with Gasteiger partial charge in [-0.15, -0.1) is 10.2 Å². The Labute approximate surface area is 277 Å². The Bertz CT molecular complexity index is 2430. The SMILES string of the molecule is CC(C)=NC(Cl)=N/C(Cl)=C(/N)Nc1ccc2c(O)c(N=Nc3ccc4c(S(=O)(=O)O)cccc4c3S(=O)(=O)O)c(S(=O)(=O)O)cc2c1. The summed E-state index contributed by atoms with van der Waals surface area (Å²) in [6.45, 7) is 3.36. The molecule has 0 heterocycles. The monoisotopic (exact) mass is 744 g/mol. The second kappa shape index (κ2) is 13.1. The number of anilines is 1. The van der Waals surface area contributed by atoms with Gasteiger partial charge in [0.25, 0.3) is 30.4 Å². The number of nitrogens with one attached hydrogen (secondary N) is 1. The molecule has 0 fully saturated rings. The number of fused-ring (bicyclic) bond motifs is 2. The molecule has 16 nitrogen and oxygen atoms in total. The summed E-state index contributed by atoms with van der Waals surface area (Å²) in [6.07, 6.45) is 0. The molecule has 0 atom stereocenters. The molecule has 0 unspecified atom stereocenters. The van der Waals surface area contributed by atoms with E-state index >= 15 is 0 Å². The Morgan fingerprint density at radius 1 is 0.766 bits per heavy atom. The molecule has 0 aliphatic carbocycles. The van der Waals surface area contributed by atoms with E-state index in [0.29, 0.717) is 5.71 Å². The molecule has 7 N–H and O–H groups in total. The second-order valence-corrected chi connectivity index (χ2v) is 14.5. The van der Waals surface area contributed by atoms with Crippen molar-refractivity contribution in [3.63, 3.8) is 0 Å². The lowest BCUT2D eigenvalue weighted by molar-refractivity contribution is 0.472. The maximum absolute atomic E-state index is 12.4. The first-order valence-corrected chi connectivity index (χ1v) is 17.6. The van der Waals surface area contributed by atoms with Gasteiger partial charge in [-0.05, 0) is 67.2 Å². The largest absolute Gasteiger partial charge is 0.505 e. The number of phenolic OH excluding ortho intramolecular Hbond substituents is 1.